The van der Waals surface area contributed by atoms with E-state index in [1.807, 2.05) is 39.0 Å². The van der Waals surface area contributed by atoms with Crippen molar-refractivity contribution in [1.82, 2.24) is 0 Å². The Morgan fingerprint density at radius 1 is 1.39 bits per heavy atom. The van der Waals surface area contributed by atoms with Gasteiger partial charge in [-0.05, 0) is 44.5 Å². The van der Waals surface area contributed by atoms with Crippen molar-refractivity contribution < 1.29 is 9.53 Å². The van der Waals surface area contributed by atoms with Crippen LogP contribution in [0, 0.1) is 0 Å². The molecule has 0 saturated carbocycles. The Morgan fingerprint density at radius 3 is 2.72 bits per heavy atom. The molecule has 4 heteroatoms. The molecule has 0 unspecified atom stereocenters. The Morgan fingerprint density at radius 2 is 2.11 bits per heavy atom. The SMILES string of the molecule is CCOc1ccc2c(c1)C(C)(C)C(=O)N2CCN. The summed E-state index contributed by atoms with van der Waals surface area (Å²) in [5.41, 5.74) is 7.05. The summed E-state index contributed by atoms with van der Waals surface area (Å²) in [7, 11) is 0. The molecule has 98 valence electrons. The molecule has 2 N–H and O–H groups in total. The highest BCUT2D eigenvalue weighted by molar-refractivity contribution is 6.07. The molecule has 0 fully saturated rings. The Bertz CT molecular complexity index is 469. The van der Waals surface area contributed by atoms with Gasteiger partial charge in [-0.1, -0.05) is 0 Å². The van der Waals surface area contributed by atoms with Crippen LogP contribution in [0.1, 0.15) is 26.3 Å². The number of amides is 1. The minimum atomic E-state index is -0.502. The molecule has 18 heavy (non-hydrogen) atoms. The molecule has 0 radical (unpaired) electrons. The highest BCUT2D eigenvalue weighted by Crippen LogP contribution is 2.42. The molecule has 0 saturated heterocycles. The van der Waals surface area contributed by atoms with E-state index in [1.165, 1.54) is 0 Å². The maximum Gasteiger partial charge on any atom is 0.237 e. The predicted molar refractivity (Wildman–Crippen MR) is 72.0 cm³/mol. The Kier molecular flexibility index (Phi) is 3.30. The molecule has 1 amide bonds. The number of fused-ring (bicyclic) bond motifs is 1. The van der Waals surface area contributed by atoms with Crippen LogP contribution in [-0.4, -0.2) is 25.6 Å². The molecule has 0 aromatic heterocycles. The van der Waals surface area contributed by atoms with Gasteiger partial charge in [-0.15, -0.1) is 0 Å². The van der Waals surface area contributed by atoms with Crippen LogP contribution in [0.5, 0.6) is 5.75 Å². The average Bonchev–Trinajstić information content (AvgIpc) is 2.52. The number of rotatable bonds is 4. The molecular weight excluding hydrogens is 228 g/mol. The minimum absolute atomic E-state index is 0.108. The van der Waals surface area contributed by atoms with Crippen molar-refractivity contribution in [2.45, 2.75) is 26.2 Å². The topological polar surface area (TPSA) is 55.6 Å². The Hall–Kier alpha value is -1.55. The zero-order chi connectivity index (χ0) is 13.3. The summed E-state index contributed by atoms with van der Waals surface area (Å²) >= 11 is 0. The fourth-order valence-electron chi connectivity index (χ4n) is 2.42. The molecule has 0 bridgehead atoms. The quantitative estimate of drug-likeness (QED) is 0.881. The van der Waals surface area contributed by atoms with Gasteiger partial charge in [0.2, 0.25) is 5.91 Å². The number of nitrogens with zero attached hydrogens (tertiary/aromatic N) is 1. The van der Waals surface area contributed by atoms with Gasteiger partial charge in [0.1, 0.15) is 5.75 Å². The summed E-state index contributed by atoms with van der Waals surface area (Å²) in [6.45, 7) is 7.49. The lowest BCUT2D eigenvalue weighted by Crippen LogP contribution is -2.38. The molecule has 4 nitrogen and oxygen atoms in total. The second-order valence-electron chi connectivity index (χ2n) is 4.98. The molecule has 2 rings (SSSR count). The lowest BCUT2D eigenvalue weighted by atomic mass is 9.86. The first-order chi connectivity index (χ1) is 8.52. The van der Waals surface area contributed by atoms with E-state index in [-0.39, 0.29) is 5.91 Å². The Labute approximate surface area is 108 Å². The van der Waals surface area contributed by atoms with Crippen LogP contribution >= 0.6 is 0 Å². The van der Waals surface area contributed by atoms with E-state index in [1.54, 1.807) is 4.90 Å². The highest BCUT2D eigenvalue weighted by Gasteiger charge is 2.43. The number of hydrogen-bond donors (Lipinski definition) is 1. The highest BCUT2D eigenvalue weighted by atomic mass is 16.5. The molecule has 1 heterocycles. The molecule has 0 atom stereocenters. The Balaban J connectivity index is 2.46. The zero-order valence-corrected chi connectivity index (χ0v) is 11.2. The fraction of sp³-hybridized carbons (Fsp3) is 0.500. The van der Waals surface area contributed by atoms with Gasteiger partial charge in [0.15, 0.2) is 0 Å². The molecule has 1 aromatic carbocycles. The third kappa shape index (κ3) is 1.86. The molecule has 1 aliphatic rings. The van der Waals surface area contributed by atoms with Gasteiger partial charge in [0, 0.05) is 18.8 Å². The maximum atomic E-state index is 12.4. The second-order valence-corrected chi connectivity index (χ2v) is 4.98. The van der Waals surface area contributed by atoms with Crippen LogP contribution in [0.2, 0.25) is 0 Å². The molecule has 0 spiro atoms. The van der Waals surface area contributed by atoms with Gasteiger partial charge in [0.25, 0.3) is 0 Å². The monoisotopic (exact) mass is 248 g/mol. The lowest BCUT2D eigenvalue weighted by molar-refractivity contribution is -0.122. The van der Waals surface area contributed by atoms with E-state index in [0.29, 0.717) is 19.7 Å². The van der Waals surface area contributed by atoms with Crippen molar-refractivity contribution in [2.75, 3.05) is 24.6 Å². The van der Waals surface area contributed by atoms with Gasteiger partial charge in [-0.3, -0.25) is 4.79 Å². The van der Waals surface area contributed by atoms with Crippen LogP contribution in [0.4, 0.5) is 5.69 Å². The molecule has 1 aliphatic heterocycles. The number of ether oxygens (including phenoxy) is 1. The first-order valence-corrected chi connectivity index (χ1v) is 6.31. The number of anilines is 1. The van der Waals surface area contributed by atoms with Crippen molar-refractivity contribution in [1.29, 1.82) is 0 Å². The van der Waals surface area contributed by atoms with Gasteiger partial charge < -0.3 is 15.4 Å². The minimum Gasteiger partial charge on any atom is -0.494 e. The van der Waals surface area contributed by atoms with E-state index < -0.39 is 5.41 Å². The van der Waals surface area contributed by atoms with Gasteiger partial charge in [-0.25, -0.2) is 0 Å². The van der Waals surface area contributed by atoms with Gasteiger partial charge in [-0.2, -0.15) is 0 Å². The smallest absolute Gasteiger partial charge is 0.237 e. The summed E-state index contributed by atoms with van der Waals surface area (Å²) < 4.78 is 5.50. The van der Waals surface area contributed by atoms with E-state index in [0.717, 1.165) is 17.0 Å². The summed E-state index contributed by atoms with van der Waals surface area (Å²) in [6.07, 6.45) is 0. The van der Waals surface area contributed by atoms with Crippen molar-refractivity contribution >= 4 is 11.6 Å². The molecular formula is C14H20N2O2. The molecule has 0 aliphatic carbocycles. The zero-order valence-electron chi connectivity index (χ0n) is 11.2. The maximum absolute atomic E-state index is 12.4. The fourth-order valence-corrected chi connectivity index (χ4v) is 2.42. The third-order valence-corrected chi connectivity index (χ3v) is 3.38. The standard InChI is InChI=1S/C14H20N2O2/c1-4-18-10-5-6-12-11(9-10)14(2,3)13(17)16(12)8-7-15/h5-6,9H,4,7-8,15H2,1-3H3. The number of carbonyl (C=O) groups excluding carboxylic acids is 1. The van der Waals surface area contributed by atoms with Crippen molar-refractivity contribution in [3.8, 4) is 5.75 Å². The van der Waals surface area contributed by atoms with Crippen molar-refractivity contribution in [2.24, 2.45) is 5.73 Å². The van der Waals surface area contributed by atoms with Crippen LogP contribution in [-0.2, 0) is 10.2 Å². The van der Waals surface area contributed by atoms with Crippen LogP contribution in [0.25, 0.3) is 0 Å². The van der Waals surface area contributed by atoms with E-state index >= 15 is 0 Å². The largest absolute Gasteiger partial charge is 0.494 e. The summed E-state index contributed by atoms with van der Waals surface area (Å²) in [5.74, 6) is 0.920. The van der Waals surface area contributed by atoms with E-state index in [9.17, 15) is 4.79 Å². The van der Waals surface area contributed by atoms with Crippen LogP contribution in [0.3, 0.4) is 0 Å². The number of benzene rings is 1. The van der Waals surface area contributed by atoms with Crippen LogP contribution in [0.15, 0.2) is 18.2 Å². The first kappa shape index (κ1) is 12.9. The number of hydrogen-bond acceptors (Lipinski definition) is 3. The summed E-state index contributed by atoms with van der Waals surface area (Å²) in [4.78, 5) is 14.1. The molecule has 1 aromatic rings. The summed E-state index contributed by atoms with van der Waals surface area (Å²) in [6, 6.07) is 5.82. The summed E-state index contributed by atoms with van der Waals surface area (Å²) in [5, 5.41) is 0. The average molecular weight is 248 g/mol. The second kappa shape index (κ2) is 4.61. The first-order valence-electron chi connectivity index (χ1n) is 6.31. The van der Waals surface area contributed by atoms with E-state index in [4.69, 9.17) is 10.5 Å². The lowest BCUT2D eigenvalue weighted by Gasteiger charge is -2.19. The number of carbonyl (C=O) groups is 1. The van der Waals surface area contributed by atoms with Gasteiger partial charge in [0.05, 0.1) is 12.0 Å². The van der Waals surface area contributed by atoms with Crippen molar-refractivity contribution in [3.05, 3.63) is 23.8 Å². The third-order valence-electron chi connectivity index (χ3n) is 3.38. The predicted octanol–water partition coefficient (Wildman–Crippen LogP) is 1.67. The van der Waals surface area contributed by atoms with E-state index in [2.05, 4.69) is 0 Å². The van der Waals surface area contributed by atoms with Crippen molar-refractivity contribution in [3.63, 3.8) is 0 Å². The van der Waals surface area contributed by atoms with Crippen LogP contribution < -0.4 is 15.4 Å². The number of nitrogens with two attached hydrogens (primary N) is 1. The van der Waals surface area contributed by atoms with Gasteiger partial charge >= 0.3 is 0 Å². The normalized spacial score (nSPS) is 16.9.